The molecule has 0 bridgehead atoms. The van der Waals surface area contributed by atoms with Crippen LogP contribution in [0.3, 0.4) is 0 Å². The van der Waals surface area contributed by atoms with Gasteiger partial charge in [0.15, 0.2) is 11.6 Å². The number of nitrogens with zero attached hydrogens (tertiary/aromatic N) is 2. The molecule has 1 amide bonds. The number of halogens is 3. The number of rotatable bonds is 8. The summed E-state index contributed by atoms with van der Waals surface area (Å²) in [5, 5.41) is 11.8. The number of carboxylic acids is 1. The van der Waals surface area contributed by atoms with E-state index >= 15 is 0 Å². The number of nitrogens with one attached hydrogen (secondary N) is 1. The molecule has 7 nitrogen and oxygen atoms in total. The zero-order valence-electron chi connectivity index (χ0n) is 21.7. The molecule has 208 valence electrons. The van der Waals surface area contributed by atoms with Crippen LogP contribution in [0, 0.1) is 23.4 Å². The van der Waals surface area contributed by atoms with Gasteiger partial charge in [0.2, 0.25) is 5.91 Å². The Balaban J connectivity index is 1.68. The molecule has 2 atom stereocenters. The number of hydrogen-bond acceptors (Lipinski definition) is 4. The second-order valence-corrected chi connectivity index (χ2v) is 9.95. The first-order chi connectivity index (χ1) is 19.3. The lowest BCUT2D eigenvalue weighted by Crippen LogP contribution is -2.35. The Hall–Kier alpha value is -4.18. The van der Waals surface area contributed by atoms with Crippen molar-refractivity contribution in [2.45, 2.75) is 44.2 Å². The van der Waals surface area contributed by atoms with Crippen molar-refractivity contribution in [1.82, 2.24) is 9.55 Å². The number of aromatic nitrogens is 2. The Kier molecular flexibility index (Phi) is 7.88. The number of aromatic carboxylic acids is 1. The zero-order valence-corrected chi connectivity index (χ0v) is 21.7. The van der Waals surface area contributed by atoms with Gasteiger partial charge in [-0.15, -0.1) is 0 Å². The summed E-state index contributed by atoms with van der Waals surface area (Å²) < 4.78 is 51.2. The van der Waals surface area contributed by atoms with E-state index in [1.54, 1.807) is 4.57 Å². The number of ether oxygens (including phenoxy) is 1. The van der Waals surface area contributed by atoms with Crippen LogP contribution in [-0.4, -0.2) is 33.6 Å². The number of anilines is 1. The number of hydrogen-bond donors (Lipinski definition) is 2. The molecule has 1 heterocycles. The van der Waals surface area contributed by atoms with Gasteiger partial charge >= 0.3 is 5.97 Å². The maximum atomic E-state index is 14.8. The van der Waals surface area contributed by atoms with E-state index in [4.69, 9.17) is 4.74 Å². The Bertz CT molecular complexity index is 1550. The van der Waals surface area contributed by atoms with Crippen molar-refractivity contribution in [2.75, 3.05) is 12.4 Å². The van der Waals surface area contributed by atoms with Gasteiger partial charge in [0.1, 0.15) is 23.8 Å². The van der Waals surface area contributed by atoms with Crippen LogP contribution in [0.2, 0.25) is 0 Å². The number of carbonyl (C=O) groups is 2. The molecule has 5 rings (SSSR count). The summed E-state index contributed by atoms with van der Waals surface area (Å²) in [6.07, 6.45) is 3.33. The topological polar surface area (TPSA) is 93.5 Å². The fourth-order valence-electron chi connectivity index (χ4n) is 5.55. The molecule has 10 heteroatoms. The zero-order chi connectivity index (χ0) is 28.4. The van der Waals surface area contributed by atoms with E-state index in [0.29, 0.717) is 12.8 Å². The predicted molar refractivity (Wildman–Crippen MR) is 143 cm³/mol. The average molecular weight is 552 g/mol. The molecule has 3 aromatic carbocycles. The highest BCUT2D eigenvalue weighted by molar-refractivity contribution is 5.96. The van der Waals surface area contributed by atoms with Gasteiger partial charge in [0.05, 0.1) is 22.3 Å². The van der Waals surface area contributed by atoms with Gasteiger partial charge in [-0.25, -0.2) is 22.9 Å². The third-order valence-corrected chi connectivity index (χ3v) is 7.45. The van der Waals surface area contributed by atoms with Crippen LogP contribution in [0.4, 0.5) is 18.9 Å². The first-order valence-corrected chi connectivity index (χ1v) is 13.1. The molecule has 0 radical (unpaired) electrons. The summed E-state index contributed by atoms with van der Waals surface area (Å²) >= 11 is 0. The summed E-state index contributed by atoms with van der Waals surface area (Å²) in [7, 11) is 1.48. The molecule has 40 heavy (non-hydrogen) atoms. The fourth-order valence-corrected chi connectivity index (χ4v) is 5.55. The van der Waals surface area contributed by atoms with E-state index in [1.165, 1.54) is 19.2 Å². The van der Waals surface area contributed by atoms with E-state index in [9.17, 15) is 27.9 Å². The standard InChI is InChI=1S/C30H28F3N3O4/c1-40-27(18-10-6-3-7-11-18)28-34-24-15-20(31)21(32)16-25(24)36(28)26(17-8-4-2-5-9-17)29(37)35-23-13-12-19(30(38)39)14-22(23)33/h3,6-7,10-17,26-27H,2,4-5,8-9H2,1H3,(H,35,37)(H,38,39)/t26-,27?/m1/s1. The lowest BCUT2D eigenvalue weighted by molar-refractivity contribution is -0.121. The highest BCUT2D eigenvalue weighted by Crippen LogP contribution is 2.40. The van der Waals surface area contributed by atoms with Gasteiger partial charge in [0, 0.05) is 19.2 Å². The van der Waals surface area contributed by atoms with Crippen LogP contribution in [0.5, 0.6) is 0 Å². The second kappa shape index (κ2) is 11.5. The number of benzene rings is 3. The molecule has 0 aliphatic heterocycles. The first kappa shape index (κ1) is 27.4. The minimum Gasteiger partial charge on any atom is -0.478 e. The normalized spacial score (nSPS) is 15.6. The fraction of sp³-hybridized carbons (Fsp3) is 0.300. The summed E-state index contributed by atoms with van der Waals surface area (Å²) in [6.45, 7) is 0. The van der Waals surface area contributed by atoms with Crippen LogP contribution in [-0.2, 0) is 9.53 Å². The molecule has 4 aromatic rings. The Morgan fingerprint density at radius 1 is 0.975 bits per heavy atom. The summed E-state index contributed by atoms with van der Waals surface area (Å²) in [6, 6.07) is 13.4. The number of imidazole rings is 1. The van der Waals surface area contributed by atoms with Crippen LogP contribution in [0.15, 0.2) is 60.7 Å². The molecule has 0 spiro atoms. The molecule has 2 N–H and O–H groups in total. The monoisotopic (exact) mass is 551 g/mol. The maximum absolute atomic E-state index is 14.8. The van der Waals surface area contributed by atoms with Gasteiger partial charge in [-0.3, -0.25) is 4.79 Å². The van der Waals surface area contributed by atoms with Crippen molar-refractivity contribution in [3.63, 3.8) is 0 Å². The van der Waals surface area contributed by atoms with Crippen LogP contribution >= 0.6 is 0 Å². The minimum atomic E-state index is -1.30. The van der Waals surface area contributed by atoms with Crippen molar-refractivity contribution >= 4 is 28.6 Å². The molecular weight excluding hydrogens is 523 g/mol. The van der Waals surface area contributed by atoms with Crippen molar-refractivity contribution in [3.8, 4) is 0 Å². The lowest BCUT2D eigenvalue weighted by atomic mass is 9.83. The third kappa shape index (κ3) is 5.31. The van der Waals surface area contributed by atoms with Gasteiger partial charge in [-0.2, -0.15) is 0 Å². The van der Waals surface area contributed by atoms with Crippen LogP contribution < -0.4 is 5.32 Å². The third-order valence-electron chi connectivity index (χ3n) is 7.45. The average Bonchev–Trinajstić information content (AvgIpc) is 3.28. The van der Waals surface area contributed by atoms with E-state index in [-0.39, 0.29) is 34.0 Å². The minimum absolute atomic E-state index is 0.150. The SMILES string of the molecule is COC(c1ccccc1)c1nc2cc(F)c(F)cc2n1[C@@H](C(=O)Nc1ccc(C(=O)O)cc1F)C1CCCCC1. The van der Waals surface area contributed by atoms with Crippen molar-refractivity contribution in [1.29, 1.82) is 0 Å². The molecule has 1 unspecified atom stereocenters. The smallest absolute Gasteiger partial charge is 0.335 e. The molecule has 1 fully saturated rings. The maximum Gasteiger partial charge on any atom is 0.335 e. The summed E-state index contributed by atoms with van der Waals surface area (Å²) in [5.41, 5.74) is 0.633. The molecular formula is C30H28F3N3O4. The van der Waals surface area contributed by atoms with Crippen molar-refractivity contribution in [2.24, 2.45) is 5.92 Å². The largest absolute Gasteiger partial charge is 0.478 e. The Morgan fingerprint density at radius 2 is 1.68 bits per heavy atom. The number of carbonyl (C=O) groups excluding carboxylic acids is 1. The highest BCUT2D eigenvalue weighted by Gasteiger charge is 2.37. The van der Waals surface area contributed by atoms with Crippen molar-refractivity contribution in [3.05, 3.63) is 95.1 Å². The predicted octanol–water partition coefficient (Wildman–Crippen LogP) is 6.65. The summed E-state index contributed by atoms with van der Waals surface area (Å²) in [5.74, 6) is -4.88. The second-order valence-electron chi connectivity index (χ2n) is 9.95. The molecule has 1 saturated carbocycles. The van der Waals surface area contributed by atoms with Crippen LogP contribution in [0.25, 0.3) is 11.0 Å². The lowest BCUT2D eigenvalue weighted by Gasteiger charge is -2.33. The molecule has 1 aliphatic carbocycles. The highest BCUT2D eigenvalue weighted by atomic mass is 19.2. The van der Waals surface area contributed by atoms with Gasteiger partial charge in [-0.05, 0) is 42.5 Å². The quantitative estimate of drug-likeness (QED) is 0.256. The van der Waals surface area contributed by atoms with E-state index in [1.807, 2.05) is 30.3 Å². The van der Waals surface area contributed by atoms with E-state index < -0.39 is 41.5 Å². The number of carboxylic acid groups (broad SMARTS) is 1. The van der Waals surface area contributed by atoms with Gasteiger partial charge in [-0.1, -0.05) is 49.6 Å². The number of fused-ring (bicyclic) bond motifs is 1. The van der Waals surface area contributed by atoms with Crippen molar-refractivity contribution < 1.29 is 32.6 Å². The molecule has 1 aliphatic rings. The molecule has 1 aromatic heterocycles. The Labute approximate surface area is 228 Å². The number of methoxy groups -OCH3 is 1. The number of amides is 1. The first-order valence-electron chi connectivity index (χ1n) is 13.1. The Morgan fingerprint density at radius 3 is 2.33 bits per heavy atom. The van der Waals surface area contributed by atoms with E-state index in [2.05, 4.69) is 10.3 Å². The van der Waals surface area contributed by atoms with E-state index in [0.717, 1.165) is 43.0 Å². The van der Waals surface area contributed by atoms with Gasteiger partial charge < -0.3 is 19.7 Å². The summed E-state index contributed by atoms with van der Waals surface area (Å²) in [4.78, 5) is 29.9. The van der Waals surface area contributed by atoms with Crippen LogP contribution in [0.1, 0.15) is 66.0 Å². The van der Waals surface area contributed by atoms with Gasteiger partial charge in [0.25, 0.3) is 0 Å². The molecule has 0 saturated heterocycles.